The molecule has 0 radical (unpaired) electrons. The van der Waals surface area contributed by atoms with E-state index < -0.39 is 0 Å². The normalized spacial score (nSPS) is 21.2. The molecule has 6 nitrogen and oxygen atoms in total. The van der Waals surface area contributed by atoms with Crippen LogP contribution in [0.5, 0.6) is 0 Å². The first kappa shape index (κ1) is 15.0. The topological polar surface area (TPSA) is 78.2 Å². The summed E-state index contributed by atoms with van der Waals surface area (Å²) in [5.74, 6) is 0. The van der Waals surface area contributed by atoms with E-state index in [1.807, 2.05) is 29.6 Å². The summed E-state index contributed by atoms with van der Waals surface area (Å²) in [6, 6.07) is 10.1. The van der Waals surface area contributed by atoms with Crippen LogP contribution in [0.4, 0.5) is 15.6 Å². The van der Waals surface area contributed by atoms with Gasteiger partial charge in [0.15, 0.2) is 5.13 Å². The highest BCUT2D eigenvalue weighted by Gasteiger charge is 2.44. The first-order chi connectivity index (χ1) is 11.7. The zero-order chi connectivity index (χ0) is 16.6. The summed E-state index contributed by atoms with van der Waals surface area (Å²) in [6.45, 7) is 1.03. The van der Waals surface area contributed by atoms with Gasteiger partial charge in [-0.25, -0.2) is 9.78 Å². The molecule has 1 amide bonds. The zero-order valence-electron chi connectivity index (χ0n) is 12.9. The van der Waals surface area contributed by atoms with E-state index in [-0.39, 0.29) is 17.6 Å². The Morgan fingerprint density at radius 1 is 1.42 bits per heavy atom. The quantitative estimate of drug-likeness (QED) is 0.905. The molecule has 1 N–H and O–H groups in total. The van der Waals surface area contributed by atoms with Gasteiger partial charge in [-0.2, -0.15) is 5.26 Å². The molecule has 2 fully saturated rings. The standard InChI is InChI=1S/C17H16N4O2S/c18-11-17(5-6-17)12-1-3-13(4-2-12)21-10-14(23-16(21)22)9-20-15-19-7-8-24-15/h1-4,7-8,14H,5-6,9-10H2,(H,19,20)/t14-/m0/s1. The Labute approximate surface area is 143 Å². The number of rotatable bonds is 5. The Morgan fingerprint density at radius 3 is 2.83 bits per heavy atom. The minimum Gasteiger partial charge on any atom is -0.442 e. The predicted molar refractivity (Wildman–Crippen MR) is 91.2 cm³/mol. The number of amides is 1. The van der Waals surface area contributed by atoms with E-state index in [9.17, 15) is 10.1 Å². The lowest BCUT2D eigenvalue weighted by Gasteiger charge is -2.14. The Morgan fingerprint density at radius 2 is 2.21 bits per heavy atom. The van der Waals surface area contributed by atoms with Gasteiger partial charge in [-0.15, -0.1) is 11.3 Å². The second-order valence-electron chi connectivity index (χ2n) is 6.08. The molecule has 2 aliphatic rings. The monoisotopic (exact) mass is 340 g/mol. The van der Waals surface area contributed by atoms with Gasteiger partial charge in [0.05, 0.1) is 24.6 Å². The number of hydrogen-bond acceptors (Lipinski definition) is 6. The number of thiazole rings is 1. The molecule has 7 heteroatoms. The molecule has 1 aliphatic carbocycles. The third-order valence-electron chi connectivity index (χ3n) is 4.48. The highest BCUT2D eigenvalue weighted by molar-refractivity contribution is 7.13. The summed E-state index contributed by atoms with van der Waals surface area (Å²) in [5.41, 5.74) is 1.53. The predicted octanol–water partition coefficient (Wildman–Crippen LogP) is 3.14. The number of aromatic nitrogens is 1. The van der Waals surface area contributed by atoms with Crippen molar-refractivity contribution in [2.75, 3.05) is 23.3 Å². The summed E-state index contributed by atoms with van der Waals surface area (Å²) in [5, 5.41) is 15.1. The van der Waals surface area contributed by atoms with Crippen LogP contribution in [0.15, 0.2) is 35.8 Å². The molecule has 4 rings (SSSR count). The molecule has 24 heavy (non-hydrogen) atoms. The Bertz CT molecular complexity index is 778. The number of hydrogen-bond donors (Lipinski definition) is 1. The van der Waals surface area contributed by atoms with Crippen LogP contribution in [-0.2, 0) is 10.2 Å². The van der Waals surface area contributed by atoms with Crippen LogP contribution in [0.25, 0.3) is 0 Å². The van der Waals surface area contributed by atoms with Gasteiger partial charge in [0, 0.05) is 17.3 Å². The van der Waals surface area contributed by atoms with Crippen LogP contribution >= 0.6 is 11.3 Å². The van der Waals surface area contributed by atoms with Gasteiger partial charge in [-0.05, 0) is 30.5 Å². The average molecular weight is 340 g/mol. The number of anilines is 2. The lowest BCUT2D eigenvalue weighted by molar-refractivity contribution is 0.147. The van der Waals surface area contributed by atoms with E-state index in [1.54, 1.807) is 11.1 Å². The van der Waals surface area contributed by atoms with Crippen molar-refractivity contribution in [3.63, 3.8) is 0 Å². The van der Waals surface area contributed by atoms with E-state index in [0.717, 1.165) is 29.2 Å². The molecule has 1 aromatic heterocycles. The Kier molecular flexibility index (Phi) is 3.62. The summed E-state index contributed by atoms with van der Waals surface area (Å²) in [4.78, 5) is 17.9. The molecule has 122 valence electrons. The Balaban J connectivity index is 1.41. The van der Waals surface area contributed by atoms with Gasteiger partial charge in [-0.3, -0.25) is 4.90 Å². The fourth-order valence-corrected chi connectivity index (χ4v) is 3.44. The van der Waals surface area contributed by atoms with Crippen LogP contribution in [0.2, 0.25) is 0 Å². The van der Waals surface area contributed by atoms with E-state index in [4.69, 9.17) is 4.74 Å². The Hall–Kier alpha value is -2.59. The largest absolute Gasteiger partial charge is 0.442 e. The van der Waals surface area contributed by atoms with Crippen LogP contribution in [-0.4, -0.2) is 30.3 Å². The van der Waals surface area contributed by atoms with E-state index in [0.29, 0.717) is 13.1 Å². The maximum atomic E-state index is 12.1. The number of cyclic esters (lactones) is 1. The number of nitriles is 1. The first-order valence-corrected chi connectivity index (χ1v) is 8.71. The van der Waals surface area contributed by atoms with E-state index in [2.05, 4.69) is 16.4 Å². The second kappa shape index (κ2) is 5.80. The van der Waals surface area contributed by atoms with Crippen LogP contribution in [0.3, 0.4) is 0 Å². The van der Waals surface area contributed by atoms with Gasteiger partial charge < -0.3 is 10.1 Å². The molecule has 2 aromatic rings. The smallest absolute Gasteiger partial charge is 0.414 e. The SMILES string of the molecule is N#CC1(c2ccc(N3C[C@H](CNc4nccs4)OC3=O)cc2)CC1. The molecule has 0 bridgehead atoms. The van der Waals surface area contributed by atoms with Crippen LogP contribution in [0.1, 0.15) is 18.4 Å². The van der Waals surface area contributed by atoms with Crippen molar-refractivity contribution in [2.45, 2.75) is 24.4 Å². The van der Waals surface area contributed by atoms with E-state index in [1.165, 1.54) is 11.3 Å². The maximum absolute atomic E-state index is 12.1. The molecule has 2 heterocycles. The highest BCUT2D eigenvalue weighted by Crippen LogP contribution is 2.47. The minimum atomic E-state index is -0.338. The van der Waals surface area contributed by atoms with Crippen molar-refractivity contribution < 1.29 is 9.53 Å². The minimum absolute atomic E-state index is 0.213. The zero-order valence-corrected chi connectivity index (χ0v) is 13.8. The van der Waals surface area contributed by atoms with Crippen molar-refractivity contribution in [1.29, 1.82) is 5.26 Å². The van der Waals surface area contributed by atoms with Crippen molar-refractivity contribution in [1.82, 2.24) is 4.98 Å². The second-order valence-corrected chi connectivity index (χ2v) is 6.97. The molecule has 1 saturated heterocycles. The molecule has 0 unspecified atom stereocenters. The fraction of sp³-hybridized carbons (Fsp3) is 0.353. The van der Waals surface area contributed by atoms with Gasteiger partial charge in [0.2, 0.25) is 0 Å². The maximum Gasteiger partial charge on any atom is 0.414 e. The van der Waals surface area contributed by atoms with E-state index >= 15 is 0 Å². The molecule has 1 atom stereocenters. The van der Waals surface area contributed by atoms with Crippen molar-refractivity contribution >= 4 is 28.2 Å². The number of carbonyl (C=O) groups is 1. The van der Waals surface area contributed by atoms with Crippen LogP contribution in [0, 0.1) is 11.3 Å². The van der Waals surface area contributed by atoms with Crippen molar-refractivity contribution in [2.24, 2.45) is 0 Å². The fourth-order valence-electron chi connectivity index (χ4n) is 2.90. The lowest BCUT2D eigenvalue weighted by Crippen LogP contribution is -2.27. The molecular formula is C17H16N4O2S. The summed E-state index contributed by atoms with van der Waals surface area (Å²) in [7, 11) is 0. The van der Waals surface area contributed by atoms with Gasteiger partial charge in [0.1, 0.15) is 6.10 Å². The van der Waals surface area contributed by atoms with Gasteiger partial charge in [0.25, 0.3) is 0 Å². The van der Waals surface area contributed by atoms with Gasteiger partial charge in [-0.1, -0.05) is 12.1 Å². The summed E-state index contributed by atoms with van der Waals surface area (Å²) in [6.07, 6.45) is 3.01. The highest BCUT2D eigenvalue weighted by atomic mass is 32.1. The number of nitrogens with zero attached hydrogens (tertiary/aromatic N) is 3. The molecule has 1 aromatic carbocycles. The van der Waals surface area contributed by atoms with Gasteiger partial charge >= 0.3 is 6.09 Å². The number of benzene rings is 1. The third-order valence-corrected chi connectivity index (χ3v) is 5.21. The molecular weight excluding hydrogens is 324 g/mol. The number of ether oxygens (including phenoxy) is 1. The third kappa shape index (κ3) is 2.69. The first-order valence-electron chi connectivity index (χ1n) is 7.83. The molecule has 1 aliphatic heterocycles. The lowest BCUT2D eigenvalue weighted by atomic mass is 9.97. The van der Waals surface area contributed by atoms with Crippen molar-refractivity contribution in [3.05, 3.63) is 41.4 Å². The number of carbonyl (C=O) groups excluding carboxylic acids is 1. The molecule has 0 spiro atoms. The average Bonchev–Trinajstić information content (AvgIpc) is 3.06. The summed E-state index contributed by atoms with van der Waals surface area (Å²) < 4.78 is 5.41. The van der Waals surface area contributed by atoms with Crippen LogP contribution < -0.4 is 10.2 Å². The molecule has 1 saturated carbocycles. The summed E-state index contributed by atoms with van der Waals surface area (Å²) >= 11 is 1.51. The number of nitrogens with one attached hydrogen (secondary N) is 1. The van der Waals surface area contributed by atoms with Crippen molar-refractivity contribution in [3.8, 4) is 6.07 Å².